The van der Waals surface area contributed by atoms with Crippen molar-refractivity contribution in [3.8, 4) is 0 Å². The minimum atomic E-state index is -1.11. The minimum Gasteiger partial charge on any atom is -0.435 e. The van der Waals surface area contributed by atoms with E-state index in [1.165, 1.54) is 6.07 Å². The summed E-state index contributed by atoms with van der Waals surface area (Å²) in [7, 11) is 0. The molecule has 1 unspecified atom stereocenters. The Labute approximate surface area is 90.4 Å². The monoisotopic (exact) mass is 228 g/mol. The van der Waals surface area contributed by atoms with Crippen molar-refractivity contribution in [3.05, 3.63) is 35.4 Å². The summed E-state index contributed by atoms with van der Waals surface area (Å²) in [6, 6.07) is 3.32. The van der Waals surface area contributed by atoms with Gasteiger partial charge in [0, 0.05) is 12.1 Å². The van der Waals surface area contributed by atoms with Crippen LogP contribution in [0.3, 0.4) is 0 Å². The lowest BCUT2D eigenvalue weighted by Crippen LogP contribution is -2.38. The van der Waals surface area contributed by atoms with Crippen molar-refractivity contribution in [3.63, 3.8) is 0 Å². The molecule has 0 bridgehead atoms. The normalized spacial score (nSPS) is 24.1. The number of nitrogens with two attached hydrogens (primary N) is 1. The molecule has 16 heavy (non-hydrogen) atoms. The molecule has 1 aliphatic heterocycles. The summed E-state index contributed by atoms with van der Waals surface area (Å²) in [5.74, 6) is -1.94. The molecular weight excluding hydrogens is 218 g/mol. The van der Waals surface area contributed by atoms with Crippen LogP contribution in [0, 0.1) is 11.6 Å². The van der Waals surface area contributed by atoms with E-state index >= 15 is 0 Å². The summed E-state index contributed by atoms with van der Waals surface area (Å²) in [5, 5.41) is 2.44. The molecule has 1 amide bonds. The number of nitrogens with one attached hydrogen (secondary N) is 1. The van der Waals surface area contributed by atoms with Crippen LogP contribution in [-0.2, 0) is 10.3 Å². The van der Waals surface area contributed by atoms with E-state index in [4.69, 9.17) is 10.5 Å². The maximum atomic E-state index is 13.1. The van der Waals surface area contributed by atoms with Crippen molar-refractivity contribution in [1.82, 2.24) is 5.32 Å². The Morgan fingerprint density at radius 2 is 2.19 bits per heavy atom. The number of cyclic esters (lactones) is 1. The average molecular weight is 228 g/mol. The molecule has 1 aromatic rings. The van der Waals surface area contributed by atoms with E-state index in [-0.39, 0.29) is 13.1 Å². The molecule has 86 valence electrons. The van der Waals surface area contributed by atoms with Crippen LogP contribution in [0.15, 0.2) is 18.2 Å². The van der Waals surface area contributed by atoms with Crippen LogP contribution in [0.5, 0.6) is 0 Å². The minimum absolute atomic E-state index is 0.00316. The Bertz CT molecular complexity index is 439. The van der Waals surface area contributed by atoms with E-state index in [0.717, 1.165) is 12.1 Å². The third kappa shape index (κ3) is 1.61. The van der Waals surface area contributed by atoms with Crippen LogP contribution in [-0.4, -0.2) is 19.2 Å². The molecule has 1 fully saturated rings. The molecule has 0 saturated carbocycles. The molecule has 6 heteroatoms. The van der Waals surface area contributed by atoms with E-state index in [2.05, 4.69) is 5.32 Å². The third-order valence-electron chi connectivity index (χ3n) is 2.58. The van der Waals surface area contributed by atoms with Gasteiger partial charge in [-0.1, -0.05) is 6.07 Å². The predicted molar refractivity (Wildman–Crippen MR) is 51.6 cm³/mol. The van der Waals surface area contributed by atoms with E-state index in [1.54, 1.807) is 0 Å². The standard InChI is InChI=1S/C10H10F2N2O2/c11-7-2-1-6(3-8(7)12)10(4-13)5-14-9(15)16-10/h1-3H,4-5,13H2,(H,14,15). The summed E-state index contributed by atoms with van der Waals surface area (Å²) in [4.78, 5) is 11.0. The van der Waals surface area contributed by atoms with Crippen LogP contribution in [0.4, 0.5) is 13.6 Å². The first-order valence-electron chi connectivity index (χ1n) is 4.70. The number of amides is 1. The molecule has 3 N–H and O–H groups in total. The van der Waals surface area contributed by atoms with Crippen molar-refractivity contribution in [2.24, 2.45) is 5.73 Å². The van der Waals surface area contributed by atoms with Gasteiger partial charge in [0.2, 0.25) is 0 Å². The summed E-state index contributed by atoms with van der Waals surface area (Å²) in [6.45, 7) is 0.143. The Kier molecular flexibility index (Phi) is 2.51. The second-order valence-electron chi connectivity index (χ2n) is 3.57. The van der Waals surface area contributed by atoms with Crippen LogP contribution in [0.2, 0.25) is 0 Å². The van der Waals surface area contributed by atoms with E-state index in [1.807, 2.05) is 0 Å². The number of carbonyl (C=O) groups excluding carboxylic acids is 1. The number of hydrogen-bond acceptors (Lipinski definition) is 3. The lowest BCUT2D eigenvalue weighted by atomic mass is 9.94. The van der Waals surface area contributed by atoms with E-state index < -0.39 is 23.3 Å². The van der Waals surface area contributed by atoms with Gasteiger partial charge in [-0.15, -0.1) is 0 Å². The predicted octanol–water partition coefficient (Wildman–Crippen LogP) is 0.859. The molecule has 1 saturated heterocycles. The van der Waals surface area contributed by atoms with Gasteiger partial charge >= 0.3 is 6.09 Å². The molecule has 0 aromatic heterocycles. The van der Waals surface area contributed by atoms with E-state index in [9.17, 15) is 13.6 Å². The van der Waals surface area contributed by atoms with E-state index in [0.29, 0.717) is 5.56 Å². The lowest BCUT2D eigenvalue weighted by Gasteiger charge is -2.24. The fraction of sp³-hybridized carbons (Fsp3) is 0.300. The summed E-state index contributed by atoms with van der Waals surface area (Å²) >= 11 is 0. The molecule has 0 radical (unpaired) electrons. The number of hydrogen-bond donors (Lipinski definition) is 2. The molecule has 0 aliphatic carbocycles. The average Bonchev–Trinajstić information content (AvgIpc) is 2.65. The fourth-order valence-electron chi connectivity index (χ4n) is 1.64. The van der Waals surface area contributed by atoms with Gasteiger partial charge in [-0.2, -0.15) is 0 Å². The topological polar surface area (TPSA) is 64.3 Å². The van der Waals surface area contributed by atoms with Gasteiger partial charge in [-0.05, 0) is 12.1 Å². The highest BCUT2D eigenvalue weighted by Gasteiger charge is 2.41. The van der Waals surface area contributed by atoms with Crippen molar-refractivity contribution in [2.45, 2.75) is 5.60 Å². The molecule has 1 aromatic carbocycles. The quantitative estimate of drug-likeness (QED) is 0.789. The van der Waals surface area contributed by atoms with Gasteiger partial charge in [-0.25, -0.2) is 13.6 Å². The zero-order valence-corrected chi connectivity index (χ0v) is 8.30. The molecule has 2 rings (SSSR count). The molecule has 1 heterocycles. The van der Waals surface area contributed by atoms with Crippen LogP contribution in [0.25, 0.3) is 0 Å². The second-order valence-corrected chi connectivity index (χ2v) is 3.57. The SMILES string of the molecule is NCC1(c2ccc(F)c(F)c2)CNC(=O)O1. The first-order valence-corrected chi connectivity index (χ1v) is 4.70. The number of carbonyl (C=O) groups is 1. The zero-order chi connectivity index (χ0) is 11.8. The molecular formula is C10H10F2N2O2. The maximum absolute atomic E-state index is 13.1. The Balaban J connectivity index is 2.41. The molecule has 1 atom stereocenters. The van der Waals surface area contributed by atoms with Crippen LogP contribution >= 0.6 is 0 Å². The summed E-state index contributed by atoms with van der Waals surface area (Å²) in [5.41, 5.74) is 4.75. The van der Waals surface area contributed by atoms with Gasteiger partial charge in [0.05, 0.1) is 6.54 Å². The number of rotatable bonds is 2. The number of halogens is 2. The number of ether oxygens (including phenoxy) is 1. The van der Waals surface area contributed by atoms with Crippen LogP contribution in [0.1, 0.15) is 5.56 Å². The van der Waals surface area contributed by atoms with Crippen molar-refractivity contribution in [2.75, 3.05) is 13.1 Å². The molecule has 1 aliphatic rings. The Morgan fingerprint density at radius 1 is 1.44 bits per heavy atom. The lowest BCUT2D eigenvalue weighted by molar-refractivity contribution is 0.0613. The highest BCUT2D eigenvalue weighted by molar-refractivity contribution is 5.70. The van der Waals surface area contributed by atoms with Gasteiger partial charge in [0.15, 0.2) is 17.2 Å². The van der Waals surface area contributed by atoms with Crippen LogP contribution < -0.4 is 11.1 Å². The summed E-state index contributed by atoms with van der Waals surface area (Å²) in [6.07, 6.45) is -0.616. The second kappa shape index (κ2) is 3.71. The third-order valence-corrected chi connectivity index (χ3v) is 2.58. The van der Waals surface area contributed by atoms with Crippen molar-refractivity contribution in [1.29, 1.82) is 0 Å². The molecule has 0 spiro atoms. The highest BCUT2D eigenvalue weighted by Crippen LogP contribution is 2.28. The van der Waals surface area contributed by atoms with Crippen molar-refractivity contribution < 1.29 is 18.3 Å². The Morgan fingerprint density at radius 3 is 2.69 bits per heavy atom. The highest BCUT2D eigenvalue weighted by atomic mass is 19.2. The van der Waals surface area contributed by atoms with Gasteiger partial charge in [0.1, 0.15) is 0 Å². The van der Waals surface area contributed by atoms with Crippen molar-refractivity contribution >= 4 is 6.09 Å². The largest absolute Gasteiger partial charge is 0.435 e. The summed E-state index contributed by atoms with van der Waals surface area (Å²) < 4.78 is 30.8. The zero-order valence-electron chi connectivity index (χ0n) is 8.30. The fourth-order valence-corrected chi connectivity index (χ4v) is 1.64. The van der Waals surface area contributed by atoms with Gasteiger partial charge in [-0.3, -0.25) is 0 Å². The van der Waals surface area contributed by atoms with Gasteiger partial charge in [0.25, 0.3) is 0 Å². The number of benzene rings is 1. The van der Waals surface area contributed by atoms with Gasteiger partial charge < -0.3 is 15.8 Å². The maximum Gasteiger partial charge on any atom is 0.408 e. The first kappa shape index (κ1) is 10.8. The molecule has 4 nitrogen and oxygen atoms in total. The smallest absolute Gasteiger partial charge is 0.408 e. The first-order chi connectivity index (χ1) is 7.57. The number of alkyl carbamates (subject to hydrolysis) is 1. The Hall–Kier alpha value is -1.69.